The second-order valence-corrected chi connectivity index (χ2v) is 4.85. The van der Waals surface area contributed by atoms with Crippen LogP contribution in [-0.2, 0) is 16.1 Å². The van der Waals surface area contributed by atoms with Crippen LogP contribution in [0.2, 0.25) is 0 Å². The van der Waals surface area contributed by atoms with E-state index in [0.717, 1.165) is 30.7 Å². The molecule has 0 aliphatic carbocycles. The maximum Gasteiger partial charge on any atom is 0.323 e. The highest BCUT2D eigenvalue weighted by Crippen LogP contribution is 2.20. The SMILES string of the molecule is COC(=O)C1CCCN1Cc1cn2ccccc2n1. The molecular weight excluding hydrogens is 242 g/mol. The normalized spacial score (nSPS) is 19.9. The standard InChI is InChI=1S/C14H17N3O2/c1-19-14(18)12-5-4-8-16(12)9-11-10-17-7-3-2-6-13(17)15-11/h2-3,6-7,10,12H,4-5,8-9H2,1H3. The molecule has 1 saturated heterocycles. The van der Waals surface area contributed by atoms with Crippen LogP contribution in [-0.4, -0.2) is 40.0 Å². The fourth-order valence-electron chi connectivity index (χ4n) is 2.69. The lowest BCUT2D eigenvalue weighted by Gasteiger charge is -2.20. The van der Waals surface area contributed by atoms with Gasteiger partial charge in [0.25, 0.3) is 0 Å². The molecule has 0 radical (unpaired) electrons. The van der Waals surface area contributed by atoms with E-state index in [4.69, 9.17) is 4.74 Å². The van der Waals surface area contributed by atoms with E-state index in [-0.39, 0.29) is 12.0 Å². The number of hydrogen-bond acceptors (Lipinski definition) is 4. The lowest BCUT2D eigenvalue weighted by Crippen LogP contribution is -2.36. The Balaban J connectivity index is 1.78. The average Bonchev–Trinajstić information content (AvgIpc) is 3.04. The van der Waals surface area contributed by atoms with E-state index in [1.54, 1.807) is 0 Å². The van der Waals surface area contributed by atoms with Gasteiger partial charge in [-0.2, -0.15) is 0 Å². The van der Waals surface area contributed by atoms with Crippen LogP contribution in [0.4, 0.5) is 0 Å². The van der Waals surface area contributed by atoms with E-state index in [1.807, 2.05) is 35.0 Å². The molecule has 1 unspecified atom stereocenters. The first-order chi connectivity index (χ1) is 9.28. The van der Waals surface area contributed by atoms with E-state index in [2.05, 4.69) is 9.88 Å². The van der Waals surface area contributed by atoms with E-state index in [0.29, 0.717) is 6.54 Å². The molecule has 3 rings (SSSR count). The van der Waals surface area contributed by atoms with Crippen molar-refractivity contribution in [2.45, 2.75) is 25.4 Å². The van der Waals surface area contributed by atoms with Crippen LogP contribution in [0.5, 0.6) is 0 Å². The minimum absolute atomic E-state index is 0.116. The largest absolute Gasteiger partial charge is 0.468 e. The third kappa shape index (κ3) is 2.33. The smallest absolute Gasteiger partial charge is 0.323 e. The Morgan fingerprint density at radius 2 is 2.42 bits per heavy atom. The predicted octanol–water partition coefficient (Wildman–Crippen LogP) is 1.47. The molecule has 1 atom stereocenters. The molecule has 2 aromatic rings. The predicted molar refractivity (Wildman–Crippen MR) is 70.6 cm³/mol. The maximum absolute atomic E-state index is 11.7. The van der Waals surface area contributed by atoms with Crippen LogP contribution in [0.1, 0.15) is 18.5 Å². The maximum atomic E-state index is 11.7. The molecule has 1 aliphatic rings. The number of pyridine rings is 1. The monoisotopic (exact) mass is 259 g/mol. The Labute approximate surface area is 111 Å². The molecule has 0 bridgehead atoms. The van der Waals surface area contributed by atoms with Gasteiger partial charge < -0.3 is 9.14 Å². The van der Waals surface area contributed by atoms with Gasteiger partial charge in [0, 0.05) is 18.9 Å². The number of likely N-dealkylation sites (tertiary alicyclic amines) is 1. The third-order valence-electron chi connectivity index (χ3n) is 3.62. The molecule has 1 aliphatic heterocycles. The summed E-state index contributed by atoms with van der Waals surface area (Å²) in [7, 11) is 1.45. The molecule has 0 amide bonds. The number of fused-ring (bicyclic) bond motifs is 1. The van der Waals surface area contributed by atoms with Crippen LogP contribution in [0.25, 0.3) is 5.65 Å². The second kappa shape index (κ2) is 5.01. The number of imidazole rings is 1. The van der Waals surface area contributed by atoms with Crippen molar-refractivity contribution in [3.05, 3.63) is 36.3 Å². The molecule has 5 nitrogen and oxygen atoms in total. The molecule has 0 N–H and O–H groups in total. The summed E-state index contributed by atoms with van der Waals surface area (Å²) in [5.74, 6) is -0.138. The second-order valence-electron chi connectivity index (χ2n) is 4.85. The van der Waals surface area contributed by atoms with Crippen molar-refractivity contribution in [3.8, 4) is 0 Å². The number of rotatable bonds is 3. The van der Waals surface area contributed by atoms with Gasteiger partial charge in [-0.1, -0.05) is 6.07 Å². The zero-order valence-corrected chi connectivity index (χ0v) is 11.0. The lowest BCUT2D eigenvalue weighted by molar-refractivity contribution is -0.146. The van der Waals surface area contributed by atoms with Crippen molar-refractivity contribution in [1.29, 1.82) is 0 Å². The number of esters is 1. The highest BCUT2D eigenvalue weighted by Gasteiger charge is 2.31. The summed E-state index contributed by atoms with van der Waals surface area (Å²) in [5.41, 5.74) is 1.92. The molecule has 100 valence electrons. The van der Waals surface area contributed by atoms with Crippen molar-refractivity contribution in [2.75, 3.05) is 13.7 Å². The van der Waals surface area contributed by atoms with Gasteiger partial charge >= 0.3 is 5.97 Å². The molecular formula is C14H17N3O2. The number of aromatic nitrogens is 2. The van der Waals surface area contributed by atoms with Crippen LogP contribution in [0, 0.1) is 0 Å². The molecule has 0 spiro atoms. The molecule has 0 saturated carbocycles. The summed E-state index contributed by atoms with van der Waals surface area (Å²) >= 11 is 0. The van der Waals surface area contributed by atoms with Crippen molar-refractivity contribution >= 4 is 11.6 Å². The van der Waals surface area contributed by atoms with Gasteiger partial charge in [0.1, 0.15) is 11.7 Å². The fourth-order valence-corrected chi connectivity index (χ4v) is 2.69. The Bertz CT molecular complexity index is 560. The molecule has 1 fully saturated rings. The van der Waals surface area contributed by atoms with Crippen molar-refractivity contribution in [1.82, 2.24) is 14.3 Å². The number of ether oxygens (including phenoxy) is 1. The van der Waals surface area contributed by atoms with Gasteiger partial charge in [0.15, 0.2) is 0 Å². The summed E-state index contributed by atoms with van der Waals surface area (Å²) in [6.07, 6.45) is 5.91. The molecule has 2 aromatic heterocycles. The summed E-state index contributed by atoms with van der Waals surface area (Å²) in [6.45, 7) is 1.62. The summed E-state index contributed by atoms with van der Waals surface area (Å²) in [4.78, 5) is 18.4. The Hall–Kier alpha value is -1.88. The molecule has 19 heavy (non-hydrogen) atoms. The third-order valence-corrected chi connectivity index (χ3v) is 3.62. The van der Waals surface area contributed by atoms with Crippen LogP contribution >= 0.6 is 0 Å². The number of nitrogens with zero attached hydrogens (tertiary/aromatic N) is 3. The van der Waals surface area contributed by atoms with Gasteiger partial charge in [0.05, 0.1) is 12.8 Å². The summed E-state index contributed by atoms with van der Waals surface area (Å²) in [5, 5.41) is 0. The van der Waals surface area contributed by atoms with E-state index in [1.165, 1.54) is 7.11 Å². The number of carbonyl (C=O) groups is 1. The average molecular weight is 259 g/mol. The fraction of sp³-hybridized carbons (Fsp3) is 0.429. The van der Waals surface area contributed by atoms with Crippen molar-refractivity contribution in [3.63, 3.8) is 0 Å². The number of hydrogen-bond donors (Lipinski definition) is 0. The van der Waals surface area contributed by atoms with Crippen LogP contribution in [0.15, 0.2) is 30.6 Å². The van der Waals surface area contributed by atoms with Gasteiger partial charge in [-0.15, -0.1) is 0 Å². The summed E-state index contributed by atoms with van der Waals surface area (Å²) < 4.78 is 6.85. The quantitative estimate of drug-likeness (QED) is 0.783. The van der Waals surface area contributed by atoms with Gasteiger partial charge in [0.2, 0.25) is 0 Å². The number of methoxy groups -OCH3 is 1. The molecule has 3 heterocycles. The minimum Gasteiger partial charge on any atom is -0.468 e. The Morgan fingerprint density at radius 1 is 1.53 bits per heavy atom. The van der Waals surface area contributed by atoms with Crippen molar-refractivity contribution < 1.29 is 9.53 Å². The van der Waals surface area contributed by atoms with E-state index < -0.39 is 0 Å². The minimum atomic E-state index is -0.138. The van der Waals surface area contributed by atoms with Gasteiger partial charge in [-0.05, 0) is 31.5 Å². The van der Waals surface area contributed by atoms with Gasteiger partial charge in [-0.3, -0.25) is 9.69 Å². The van der Waals surface area contributed by atoms with Crippen LogP contribution < -0.4 is 0 Å². The van der Waals surface area contributed by atoms with E-state index in [9.17, 15) is 4.79 Å². The topological polar surface area (TPSA) is 46.8 Å². The Morgan fingerprint density at radius 3 is 3.21 bits per heavy atom. The molecule has 0 aromatic carbocycles. The zero-order valence-electron chi connectivity index (χ0n) is 11.0. The Kier molecular flexibility index (Phi) is 3.21. The number of carbonyl (C=O) groups excluding carboxylic acids is 1. The first-order valence-electron chi connectivity index (χ1n) is 6.52. The first kappa shape index (κ1) is 12.2. The van der Waals surface area contributed by atoms with Gasteiger partial charge in [-0.25, -0.2) is 4.98 Å². The lowest BCUT2D eigenvalue weighted by atomic mass is 10.2. The molecule has 5 heteroatoms. The van der Waals surface area contributed by atoms with Crippen LogP contribution in [0.3, 0.4) is 0 Å². The van der Waals surface area contributed by atoms with E-state index >= 15 is 0 Å². The highest BCUT2D eigenvalue weighted by atomic mass is 16.5. The van der Waals surface area contributed by atoms with Crippen molar-refractivity contribution in [2.24, 2.45) is 0 Å². The highest BCUT2D eigenvalue weighted by molar-refractivity contribution is 5.75. The summed E-state index contributed by atoms with van der Waals surface area (Å²) in [6, 6.07) is 5.81. The zero-order chi connectivity index (χ0) is 13.2. The first-order valence-corrected chi connectivity index (χ1v) is 6.52.